The van der Waals surface area contributed by atoms with Gasteiger partial charge in [0.2, 0.25) is 0 Å². The number of carbonyl (C=O) groups excluding carboxylic acids is 1. The molecule has 4 nitrogen and oxygen atoms in total. The van der Waals surface area contributed by atoms with E-state index in [1.807, 2.05) is 0 Å². The van der Waals surface area contributed by atoms with Crippen molar-refractivity contribution in [2.45, 2.75) is 12.5 Å². The number of benzene rings is 1. The van der Waals surface area contributed by atoms with E-state index in [9.17, 15) is 15.0 Å². The first-order chi connectivity index (χ1) is 7.56. The predicted octanol–water partition coefficient (Wildman–Crippen LogP) is 1.54. The molecular formula is C12H14O4. The maximum atomic E-state index is 11.1. The molecule has 4 heteroatoms. The monoisotopic (exact) mass is 222 g/mol. The number of aliphatic hydroxyl groups excluding tert-OH is 1. The molecule has 0 saturated carbocycles. The summed E-state index contributed by atoms with van der Waals surface area (Å²) >= 11 is 0. The molecule has 86 valence electrons. The Morgan fingerprint density at radius 2 is 2.12 bits per heavy atom. The van der Waals surface area contributed by atoms with Gasteiger partial charge in [0.15, 0.2) is 0 Å². The minimum Gasteiger partial charge on any atom is -0.508 e. The summed E-state index contributed by atoms with van der Waals surface area (Å²) in [6.45, 7) is 3.50. The van der Waals surface area contributed by atoms with E-state index in [-0.39, 0.29) is 17.7 Å². The SMILES string of the molecule is C=C(CC(O)c1ccccc1O)C(=O)OC. The molecule has 0 saturated heterocycles. The van der Waals surface area contributed by atoms with E-state index >= 15 is 0 Å². The summed E-state index contributed by atoms with van der Waals surface area (Å²) in [5, 5.41) is 19.3. The highest BCUT2D eigenvalue weighted by Gasteiger charge is 2.16. The summed E-state index contributed by atoms with van der Waals surface area (Å²) in [5.41, 5.74) is 0.533. The van der Waals surface area contributed by atoms with Gasteiger partial charge in [0.05, 0.1) is 13.2 Å². The molecular weight excluding hydrogens is 208 g/mol. The maximum Gasteiger partial charge on any atom is 0.333 e. The van der Waals surface area contributed by atoms with Crippen molar-refractivity contribution < 1.29 is 19.7 Å². The first-order valence-electron chi connectivity index (χ1n) is 4.78. The van der Waals surface area contributed by atoms with E-state index in [1.165, 1.54) is 13.2 Å². The van der Waals surface area contributed by atoms with E-state index in [4.69, 9.17) is 0 Å². The zero-order valence-electron chi connectivity index (χ0n) is 9.01. The smallest absolute Gasteiger partial charge is 0.333 e. The number of hydrogen-bond donors (Lipinski definition) is 2. The van der Waals surface area contributed by atoms with Gasteiger partial charge in [-0.3, -0.25) is 0 Å². The van der Waals surface area contributed by atoms with Crippen molar-refractivity contribution in [1.29, 1.82) is 0 Å². The first kappa shape index (κ1) is 12.3. The molecule has 1 aromatic rings. The highest BCUT2D eigenvalue weighted by molar-refractivity contribution is 5.87. The fourth-order valence-electron chi connectivity index (χ4n) is 1.34. The molecule has 0 fully saturated rings. The molecule has 0 aliphatic rings. The number of carbonyl (C=O) groups is 1. The number of esters is 1. The number of para-hydroxylation sites is 1. The highest BCUT2D eigenvalue weighted by Crippen LogP contribution is 2.27. The minimum atomic E-state index is -0.965. The molecule has 0 spiro atoms. The van der Waals surface area contributed by atoms with Crippen LogP contribution in [-0.4, -0.2) is 23.3 Å². The van der Waals surface area contributed by atoms with Gasteiger partial charge in [0, 0.05) is 17.6 Å². The van der Waals surface area contributed by atoms with Crippen LogP contribution in [0.1, 0.15) is 18.1 Å². The molecule has 0 aliphatic heterocycles. The largest absolute Gasteiger partial charge is 0.508 e. The van der Waals surface area contributed by atoms with E-state index < -0.39 is 12.1 Å². The quantitative estimate of drug-likeness (QED) is 0.599. The third kappa shape index (κ3) is 2.84. The number of aromatic hydroxyl groups is 1. The Labute approximate surface area is 93.8 Å². The Balaban J connectivity index is 2.73. The highest BCUT2D eigenvalue weighted by atomic mass is 16.5. The van der Waals surface area contributed by atoms with E-state index in [2.05, 4.69) is 11.3 Å². The number of phenols is 1. The van der Waals surface area contributed by atoms with Crippen LogP contribution in [0.2, 0.25) is 0 Å². The van der Waals surface area contributed by atoms with Crippen LogP contribution in [0, 0.1) is 0 Å². The second kappa shape index (κ2) is 5.32. The van der Waals surface area contributed by atoms with Gasteiger partial charge in [-0.15, -0.1) is 0 Å². The van der Waals surface area contributed by atoms with Crippen molar-refractivity contribution >= 4 is 5.97 Å². The van der Waals surface area contributed by atoms with E-state index in [0.717, 1.165) is 0 Å². The number of aliphatic hydroxyl groups is 1. The molecule has 2 N–H and O–H groups in total. The number of phenolic OH excluding ortho intramolecular Hbond substituents is 1. The topological polar surface area (TPSA) is 66.8 Å². The lowest BCUT2D eigenvalue weighted by Gasteiger charge is -2.12. The van der Waals surface area contributed by atoms with Crippen LogP contribution in [0.5, 0.6) is 5.75 Å². The van der Waals surface area contributed by atoms with E-state index in [1.54, 1.807) is 18.2 Å². The fourth-order valence-corrected chi connectivity index (χ4v) is 1.34. The van der Waals surface area contributed by atoms with Crippen molar-refractivity contribution in [3.63, 3.8) is 0 Å². The lowest BCUT2D eigenvalue weighted by molar-refractivity contribution is -0.136. The van der Waals surface area contributed by atoms with Crippen molar-refractivity contribution in [1.82, 2.24) is 0 Å². The van der Waals surface area contributed by atoms with Crippen LogP contribution in [-0.2, 0) is 9.53 Å². The van der Waals surface area contributed by atoms with Gasteiger partial charge in [-0.25, -0.2) is 4.79 Å². The summed E-state index contributed by atoms with van der Waals surface area (Å²) in [7, 11) is 1.25. The molecule has 1 aromatic carbocycles. The summed E-state index contributed by atoms with van der Waals surface area (Å²) in [6.07, 6.45) is -0.933. The van der Waals surface area contributed by atoms with Gasteiger partial charge in [-0.05, 0) is 6.07 Å². The Morgan fingerprint density at radius 3 is 2.69 bits per heavy atom. The molecule has 1 atom stereocenters. The van der Waals surface area contributed by atoms with Crippen molar-refractivity contribution in [3.8, 4) is 5.75 Å². The molecule has 0 aliphatic carbocycles. The second-order valence-corrected chi connectivity index (χ2v) is 3.37. The summed E-state index contributed by atoms with van der Waals surface area (Å²) in [4.78, 5) is 11.1. The normalized spacial score (nSPS) is 11.9. The number of ether oxygens (including phenoxy) is 1. The van der Waals surface area contributed by atoms with Crippen LogP contribution < -0.4 is 0 Å². The first-order valence-corrected chi connectivity index (χ1v) is 4.78. The molecule has 0 bridgehead atoms. The van der Waals surface area contributed by atoms with Gasteiger partial charge in [-0.1, -0.05) is 24.8 Å². The van der Waals surface area contributed by atoms with Crippen LogP contribution in [0.3, 0.4) is 0 Å². The van der Waals surface area contributed by atoms with Crippen LogP contribution in [0.25, 0.3) is 0 Å². The molecule has 1 rings (SSSR count). The molecule has 0 radical (unpaired) electrons. The van der Waals surface area contributed by atoms with Crippen molar-refractivity contribution in [2.75, 3.05) is 7.11 Å². The Morgan fingerprint density at radius 1 is 1.50 bits per heavy atom. The van der Waals surface area contributed by atoms with Crippen molar-refractivity contribution in [3.05, 3.63) is 42.0 Å². The third-order valence-corrected chi connectivity index (χ3v) is 2.21. The Bertz CT molecular complexity index is 398. The van der Waals surface area contributed by atoms with E-state index in [0.29, 0.717) is 5.56 Å². The fraction of sp³-hybridized carbons (Fsp3) is 0.250. The molecule has 16 heavy (non-hydrogen) atoms. The average molecular weight is 222 g/mol. The zero-order valence-corrected chi connectivity index (χ0v) is 9.01. The number of methoxy groups -OCH3 is 1. The Kier molecular flexibility index (Phi) is 4.08. The summed E-state index contributed by atoms with van der Waals surface area (Å²) in [6, 6.07) is 6.41. The molecule has 0 aromatic heterocycles. The zero-order chi connectivity index (χ0) is 12.1. The van der Waals surface area contributed by atoms with Crippen LogP contribution in [0.15, 0.2) is 36.4 Å². The number of rotatable bonds is 4. The van der Waals surface area contributed by atoms with Gasteiger partial charge in [-0.2, -0.15) is 0 Å². The van der Waals surface area contributed by atoms with Gasteiger partial charge in [0.25, 0.3) is 0 Å². The minimum absolute atomic E-state index is 0.00679. The standard InChI is InChI=1S/C12H14O4/c1-8(12(15)16-2)7-11(14)9-5-3-4-6-10(9)13/h3-6,11,13-14H,1,7H2,2H3. The molecule has 1 unspecified atom stereocenters. The molecule has 0 amide bonds. The lowest BCUT2D eigenvalue weighted by Crippen LogP contribution is -2.08. The van der Waals surface area contributed by atoms with Crippen LogP contribution >= 0.6 is 0 Å². The maximum absolute atomic E-state index is 11.1. The van der Waals surface area contributed by atoms with Gasteiger partial charge in [0.1, 0.15) is 5.75 Å². The summed E-state index contributed by atoms with van der Waals surface area (Å²) < 4.78 is 4.47. The third-order valence-electron chi connectivity index (χ3n) is 2.21. The average Bonchev–Trinajstić information content (AvgIpc) is 2.28. The summed E-state index contributed by atoms with van der Waals surface area (Å²) in [5.74, 6) is -0.567. The van der Waals surface area contributed by atoms with Crippen molar-refractivity contribution in [2.24, 2.45) is 0 Å². The Hall–Kier alpha value is -1.81. The number of hydrogen-bond acceptors (Lipinski definition) is 4. The van der Waals surface area contributed by atoms with Crippen LogP contribution in [0.4, 0.5) is 0 Å². The lowest BCUT2D eigenvalue weighted by atomic mass is 10.0. The predicted molar refractivity (Wildman–Crippen MR) is 58.8 cm³/mol. The second-order valence-electron chi connectivity index (χ2n) is 3.37. The van der Waals surface area contributed by atoms with Gasteiger partial charge < -0.3 is 14.9 Å². The van der Waals surface area contributed by atoms with Gasteiger partial charge >= 0.3 is 5.97 Å². The molecule has 0 heterocycles.